The summed E-state index contributed by atoms with van der Waals surface area (Å²) in [6.07, 6.45) is 3.63. The number of carbonyl (C=O) groups is 2. The van der Waals surface area contributed by atoms with E-state index in [9.17, 15) is 14.0 Å². The van der Waals surface area contributed by atoms with Crippen molar-refractivity contribution in [1.29, 1.82) is 0 Å². The quantitative estimate of drug-likeness (QED) is 0.635. The molecule has 1 aliphatic rings. The van der Waals surface area contributed by atoms with Gasteiger partial charge in [-0.1, -0.05) is 0 Å². The SMILES string of the molecule is O=C(C(=O)c1ccc(N2CCCCC2)cc1)c1ccc(F)cc1. The first-order valence-corrected chi connectivity index (χ1v) is 7.85. The third kappa shape index (κ3) is 3.47. The zero-order valence-electron chi connectivity index (χ0n) is 12.8. The Morgan fingerprint density at radius 3 is 1.74 bits per heavy atom. The first-order chi connectivity index (χ1) is 11.1. The maximum absolute atomic E-state index is 12.9. The number of nitrogens with zero attached hydrogens (tertiary/aromatic N) is 1. The Hall–Kier alpha value is -2.49. The van der Waals surface area contributed by atoms with Gasteiger partial charge in [-0.25, -0.2) is 4.39 Å². The Morgan fingerprint density at radius 2 is 1.22 bits per heavy atom. The lowest BCUT2D eigenvalue weighted by Crippen LogP contribution is -2.29. The molecule has 0 amide bonds. The van der Waals surface area contributed by atoms with E-state index in [1.807, 2.05) is 12.1 Å². The van der Waals surface area contributed by atoms with Gasteiger partial charge in [-0.05, 0) is 67.8 Å². The van der Waals surface area contributed by atoms with E-state index in [-0.39, 0.29) is 5.56 Å². The van der Waals surface area contributed by atoms with E-state index in [4.69, 9.17) is 0 Å². The van der Waals surface area contributed by atoms with Crippen molar-refractivity contribution >= 4 is 17.3 Å². The van der Waals surface area contributed by atoms with Gasteiger partial charge in [-0.15, -0.1) is 0 Å². The van der Waals surface area contributed by atoms with Crippen molar-refractivity contribution in [3.63, 3.8) is 0 Å². The molecule has 0 spiro atoms. The first kappa shape index (κ1) is 15.4. The van der Waals surface area contributed by atoms with Crippen LogP contribution in [0.15, 0.2) is 48.5 Å². The number of hydrogen-bond acceptors (Lipinski definition) is 3. The van der Waals surface area contributed by atoms with E-state index in [0.717, 1.165) is 18.8 Å². The van der Waals surface area contributed by atoms with Gasteiger partial charge in [0.2, 0.25) is 11.6 Å². The van der Waals surface area contributed by atoms with E-state index in [0.29, 0.717) is 5.56 Å². The van der Waals surface area contributed by atoms with Crippen molar-refractivity contribution in [2.75, 3.05) is 18.0 Å². The largest absolute Gasteiger partial charge is 0.372 e. The molecule has 1 saturated heterocycles. The lowest BCUT2D eigenvalue weighted by molar-refractivity contribution is 0.0817. The number of ketones is 2. The van der Waals surface area contributed by atoms with Crippen LogP contribution in [0.4, 0.5) is 10.1 Å². The second-order valence-corrected chi connectivity index (χ2v) is 5.76. The summed E-state index contributed by atoms with van der Waals surface area (Å²) >= 11 is 0. The van der Waals surface area contributed by atoms with Gasteiger partial charge >= 0.3 is 0 Å². The van der Waals surface area contributed by atoms with Crippen LogP contribution in [0, 0.1) is 5.82 Å². The third-order valence-electron chi connectivity index (χ3n) is 4.16. The van der Waals surface area contributed by atoms with Crippen LogP contribution < -0.4 is 4.90 Å². The van der Waals surface area contributed by atoms with Crippen LogP contribution in [-0.2, 0) is 0 Å². The summed E-state index contributed by atoms with van der Waals surface area (Å²) in [6, 6.07) is 12.2. The molecule has 2 aromatic rings. The summed E-state index contributed by atoms with van der Waals surface area (Å²) in [5, 5.41) is 0. The zero-order chi connectivity index (χ0) is 16.2. The minimum absolute atomic E-state index is 0.205. The first-order valence-electron chi connectivity index (χ1n) is 7.85. The lowest BCUT2D eigenvalue weighted by atomic mass is 10.0. The Bertz CT molecular complexity index is 701. The van der Waals surface area contributed by atoms with Crippen molar-refractivity contribution in [2.24, 2.45) is 0 Å². The topological polar surface area (TPSA) is 37.4 Å². The molecular formula is C19H18FNO2. The minimum atomic E-state index is -0.615. The third-order valence-corrected chi connectivity index (χ3v) is 4.16. The fraction of sp³-hybridized carbons (Fsp3) is 0.263. The molecule has 0 radical (unpaired) electrons. The Morgan fingerprint density at radius 1 is 0.739 bits per heavy atom. The number of anilines is 1. The highest BCUT2D eigenvalue weighted by atomic mass is 19.1. The van der Waals surface area contributed by atoms with Gasteiger partial charge in [0.15, 0.2) is 0 Å². The molecule has 23 heavy (non-hydrogen) atoms. The molecule has 1 heterocycles. The predicted molar refractivity (Wildman–Crippen MR) is 87.6 cm³/mol. The average molecular weight is 311 g/mol. The maximum atomic E-state index is 12.9. The van der Waals surface area contributed by atoms with Crippen LogP contribution in [-0.4, -0.2) is 24.7 Å². The average Bonchev–Trinajstić information content (AvgIpc) is 2.62. The molecule has 0 aliphatic carbocycles. The molecule has 4 heteroatoms. The number of carbonyl (C=O) groups excluding carboxylic acids is 2. The van der Waals surface area contributed by atoms with E-state index in [1.165, 1.54) is 43.5 Å². The number of rotatable bonds is 4. The summed E-state index contributed by atoms with van der Waals surface area (Å²) in [5.74, 6) is -1.61. The number of hydrogen-bond donors (Lipinski definition) is 0. The van der Waals surface area contributed by atoms with Crippen LogP contribution in [0.3, 0.4) is 0 Å². The normalized spacial score (nSPS) is 14.6. The molecule has 0 aromatic heterocycles. The molecular weight excluding hydrogens is 293 g/mol. The lowest BCUT2D eigenvalue weighted by Gasteiger charge is -2.28. The second-order valence-electron chi connectivity index (χ2n) is 5.76. The Labute approximate surface area is 134 Å². The molecule has 118 valence electrons. The number of Topliss-reactive ketones (excluding diaryl/α,β-unsaturated/α-hetero) is 2. The van der Waals surface area contributed by atoms with E-state index >= 15 is 0 Å². The monoisotopic (exact) mass is 311 g/mol. The molecule has 1 aliphatic heterocycles. The molecule has 0 atom stereocenters. The molecule has 0 saturated carbocycles. The van der Waals surface area contributed by atoms with Gasteiger partial charge in [0, 0.05) is 29.9 Å². The number of benzene rings is 2. The van der Waals surface area contributed by atoms with Crippen LogP contribution in [0.5, 0.6) is 0 Å². The van der Waals surface area contributed by atoms with Crippen molar-refractivity contribution < 1.29 is 14.0 Å². The van der Waals surface area contributed by atoms with Gasteiger partial charge in [0.1, 0.15) is 5.82 Å². The van der Waals surface area contributed by atoms with Gasteiger partial charge in [0.25, 0.3) is 0 Å². The van der Waals surface area contributed by atoms with Gasteiger partial charge < -0.3 is 4.90 Å². The fourth-order valence-corrected chi connectivity index (χ4v) is 2.84. The molecule has 0 N–H and O–H groups in total. The summed E-state index contributed by atoms with van der Waals surface area (Å²) in [6.45, 7) is 2.06. The smallest absolute Gasteiger partial charge is 0.233 e. The van der Waals surface area contributed by atoms with E-state index in [1.54, 1.807) is 12.1 Å². The summed E-state index contributed by atoms with van der Waals surface area (Å²) in [5.41, 5.74) is 1.65. The Balaban J connectivity index is 1.74. The van der Waals surface area contributed by atoms with Gasteiger partial charge in [0.05, 0.1) is 0 Å². The fourth-order valence-electron chi connectivity index (χ4n) is 2.84. The highest BCUT2D eigenvalue weighted by Gasteiger charge is 2.19. The highest BCUT2D eigenvalue weighted by Crippen LogP contribution is 2.21. The summed E-state index contributed by atoms with van der Waals surface area (Å²) < 4.78 is 12.9. The molecule has 1 fully saturated rings. The number of piperidine rings is 1. The molecule has 3 rings (SSSR count). The number of halogens is 1. The van der Waals surface area contributed by atoms with Crippen molar-refractivity contribution in [1.82, 2.24) is 0 Å². The molecule has 0 unspecified atom stereocenters. The maximum Gasteiger partial charge on any atom is 0.233 e. The Kier molecular flexibility index (Phi) is 4.51. The zero-order valence-corrected chi connectivity index (χ0v) is 12.8. The molecule has 0 bridgehead atoms. The molecule has 2 aromatic carbocycles. The van der Waals surface area contributed by atoms with Crippen LogP contribution in [0.25, 0.3) is 0 Å². The van der Waals surface area contributed by atoms with Crippen LogP contribution in [0.2, 0.25) is 0 Å². The van der Waals surface area contributed by atoms with E-state index < -0.39 is 17.4 Å². The predicted octanol–water partition coefficient (Wildman–Crippen LogP) is 3.88. The van der Waals surface area contributed by atoms with Crippen LogP contribution >= 0.6 is 0 Å². The minimum Gasteiger partial charge on any atom is -0.372 e. The van der Waals surface area contributed by atoms with Crippen molar-refractivity contribution in [3.8, 4) is 0 Å². The van der Waals surface area contributed by atoms with Gasteiger partial charge in [-0.2, -0.15) is 0 Å². The summed E-state index contributed by atoms with van der Waals surface area (Å²) in [7, 11) is 0. The van der Waals surface area contributed by atoms with E-state index in [2.05, 4.69) is 4.90 Å². The second kappa shape index (κ2) is 6.73. The van der Waals surface area contributed by atoms with Gasteiger partial charge in [-0.3, -0.25) is 9.59 Å². The highest BCUT2D eigenvalue weighted by molar-refractivity contribution is 6.49. The van der Waals surface area contributed by atoms with Crippen LogP contribution in [0.1, 0.15) is 40.0 Å². The molecule has 3 nitrogen and oxygen atoms in total. The summed E-state index contributed by atoms with van der Waals surface area (Å²) in [4.78, 5) is 26.7. The van der Waals surface area contributed by atoms with Crippen molar-refractivity contribution in [3.05, 3.63) is 65.5 Å². The van der Waals surface area contributed by atoms with Crippen molar-refractivity contribution in [2.45, 2.75) is 19.3 Å². The standard InChI is InChI=1S/C19H18FNO2/c20-16-8-4-14(5-9-16)18(22)19(23)15-6-10-17(11-7-15)21-12-2-1-3-13-21/h4-11H,1-3,12-13H2.